The van der Waals surface area contributed by atoms with Crippen molar-refractivity contribution in [2.75, 3.05) is 56.8 Å². The summed E-state index contributed by atoms with van der Waals surface area (Å²) in [4.78, 5) is 70.5. The van der Waals surface area contributed by atoms with Crippen molar-refractivity contribution in [1.29, 1.82) is 0 Å². The van der Waals surface area contributed by atoms with Crippen LogP contribution in [0.1, 0.15) is 71.6 Å². The number of para-hydroxylation sites is 1. The Balaban J connectivity index is 0.000000176. The van der Waals surface area contributed by atoms with Crippen LogP contribution in [0.4, 0.5) is 70.3 Å². The normalized spacial score (nSPS) is 17.5. The monoisotopic (exact) mass is 957 g/mol. The molecule has 362 valence electrons. The number of nitrogens with one attached hydrogen (secondary N) is 1. The molecule has 0 radical (unpaired) electrons. The third-order valence-corrected chi connectivity index (χ3v) is 12.2. The van der Waals surface area contributed by atoms with Crippen molar-refractivity contribution in [3.05, 3.63) is 114 Å². The number of carbonyl (C=O) groups is 4. The largest absolute Gasteiger partial charge is 0.384 e. The predicted octanol–water partition coefficient (Wildman–Crippen LogP) is 9.55. The number of aromatic nitrogens is 3. The molecule has 2 fully saturated rings. The zero-order valence-corrected chi connectivity index (χ0v) is 38.2. The molecule has 69 heavy (non-hydrogen) atoms. The Labute approximate surface area is 395 Å². The number of ether oxygens (including phenoxy) is 1. The van der Waals surface area contributed by atoms with E-state index < -0.39 is 54.7 Å². The van der Waals surface area contributed by atoms with Gasteiger partial charge < -0.3 is 15.4 Å². The number of nitrogens with two attached hydrogens (primary N) is 1. The molecule has 4 aliphatic rings. The second kappa shape index (κ2) is 20.7. The van der Waals surface area contributed by atoms with E-state index in [4.69, 9.17) is 10.5 Å². The van der Waals surface area contributed by atoms with Crippen LogP contribution < -0.4 is 35.4 Å². The van der Waals surface area contributed by atoms with Crippen molar-refractivity contribution >= 4 is 65.0 Å². The molecule has 0 saturated carbocycles. The second-order valence-electron chi connectivity index (χ2n) is 17.5. The number of rotatable bonds is 8. The number of urea groups is 1. The third-order valence-electron chi connectivity index (χ3n) is 12.2. The van der Waals surface area contributed by atoms with Gasteiger partial charge in [-0.2, -0.15) is 13.2 Å². The zero-order valence-electron chi connectivity index (χ0n) is 38.2. The van der Waals surface area contributed by atoms with Crippen molar-refractivity contribution in [1.82, 2.24) is 15.0 Å². The Hall–Kier alpha value is -7.06. The van der Waals surface area contributed by atoms with E-state index in [1.165, 1.54) is 21.9 Å². The SMILES string of the molecule is C[C@@H](CC(=O)c1ccc2c(n1)N(C(=O)Oc1ccccc1)[C@H]1CCN2C1)C(F)(F)F.Cc1cbc(NC(=O)N2c3nc(C(=O)C[C@H](C)C(F)(F)F)ccc3N3CC[C@H]2C3)cc1.Cc1ccc(N)nc1. The van der Waals surface area contributed by atoms with Gasteiger partial charge in [-0.25, -0.2) is 14.8 Å². The van der Waals surface area contributed by atoms with Crippen LogP contribution in [0.15, 0.2) is 91.0 Å². The van der Waals surface area contributed by atoms with Crippen LogP contribution >= 0.6 is 0 Å². The Morgan fingerprint density at radius 3 is 1.72 bits per heavy atom. The number of anilines is 6. The van der Waals surface area contributed by atoms with Gasteiger partial charge in [-0.05, 0) is 49.2 Å². The number of hydrogen-bond donors (Lipinski definition) is 2. The minimum atomic E-state index is -4.46. The molecule has 3 N–H and O–H groups in total. The van der Waals surface area contributed by atoms with Gasteiger partial charge in [0.1, 0.15) is 17.3 Å². The molecule has 0 unspecified atom stereocenters. The standard InChI is InChI=1S/C21H22BF3N4O2.C21H20F3N3O3.C6H8N2/c1-12-3-6-18(22-10-12)27-20(31)29-14-7-8-28(11-14)16-5-4-15(26-19(16)29)17(30)9-13(2)21(23,24)25;1-13(21(22,23)24)11-18(28)16-7-8-17-19(25-16)27(14-9-10-26(17)12-14)20(29)30-15-5-3-2-4-6-15;1-5-2-3-6(7)8-4-5/h3-6,10,13-14H,7-9,11H2,1-2H3,(H,27,31);2-8,13-14H,9-12H2,1H3;2-4H,1H3,(H2,7,8)/t2*13-,14-;/m00./s1. The summed E-state index contributed by atoms with van der Waals surface area (Å²) in [5.41, 5.74) is 9.35. The van der Waals surface area contributed by atoms with Crippen LogP contribution in [0, 0.1) is 25.7 Å². The molecule has 4 aliphatic heterocycles. The first-order chi connectivity index (χ1) is 32.7. The molecule has 0 aliphatic carbocycles. The average Bonchev–Trinajstić information content (AvgIpc) is 3.93. The first-order valence-electron chi connectivity index (χ1n) is 22.3. The maximum Gasteiger partial charge on any atom is 0.123 e. The number of Topliss-reactive ketones (excluding diaryl/α,β-unsaturated/α-hetero) is 2. The molecule has 8 heterocycles. The van der Waals surface area contributed by atoms with E-state index >= 15 is 0 Å². The maximum atomic E-state index is 13.1. The maximum absolute atomic E-state index is 13.1. The number of amides is 3. The Morgan fingerprint density at radius 1 is 0.725 bits per heavy atom. The fourth-order valence-corrected chi connectivity index (χ4v) is 8.16. The summed E-state index contributed by atoms with van der Waals surface area (Å²) in [5, 5.41) is 2.86. The number of benzene rings is 1. The minimum absolute atomic E-state index is 0.0644. The summed E-state index contributed by atoms with van der Waals surface area (Å²) in [6.07, 6.45) is -7.73. The van der Waals surface area contributed by atoms with Gasteiger partial charge in [0.05, 0.1) is 17.6 Å². The number of alkyl halides is 6. The Bertz CT molecular complexity index is 2640. The number of nitrogens with zero attached hydrogens (tertiary/aromatic N) is 7. The Morgan fingerprint density at radius 2 is 1.25 bits per heavy atom. The molecule has 4 atom stereocenters. The first kappa shape index (κ1) is 49.8. The number of hydrogen-bond acceptors (Lipinski definition) is 11. The molecule has 4 bridgehead atoms. The molecule has 2 saturated heterocycles. The topological polar surface area (TPSA) is 167 Å². The van der Waals surface area contributed by atoms with Crippen LogP contribution in [0.3, 0.4) is 0 Å². The summed E-state index contributed by atoms with van der Waals surface area (Å²) in [6.45, 7) is 10.4. The van der Waals surface area contributed by atoms with E-state index in [9.17, 15) is 45.5 Å². The van der Waals surface area contributed by atoms with E-state index in [-0.39, 0.29) is 35.3 Å². The minimum Gasteiger partial charge on any atom is -0.384 e. The van der Waals surface area contributed by atoms with Crippen LogP contribution in [-0.4, -0.2) is 96.2 Å². The number of pyridine rings is 3. The Kier molecular flexibility index (Phi) is 14.9. The molecule has 3 amide bonds. The number of halogens is 6. The first-order valence-corrected chi connectivity index (χ1v) is 22.3. The number of fused-ring (bicyclic) bond motifs is 8. The van der Waals surface area contributed by atoms with Crippen LogP contribution in [-0.2, 0) is 0 Å². The summed E-state index contributed by atoms with van der Waals surface area (Å²) >= 11 is 0. The number of aryl methyl sites for hydroxylation is 2. The molecule has 9 rings (SSSR count). The number of ketones is 2. The second-order valence-corrected chi connectivity index (χ2v) is 17.5. The average molecular weight is 958 g/mol. The van der Waals surface area contributed by atoms with Crippen molar-refractivity contribution in [3.63, 3.8) is 0 Å². The van der Waals surface area contributed by atoms with Crippen molar-refractivity contribution < 1.29 is 50.3 Å². The van der Waals surface area contributed by atoms with E-state index in [2.05, 4.69) is 25.2 Å². The molecule has 21 heteroatoms. The molecule has 4 aromatic heterocycles. The number of nitrogen functional groups attached to an aromatic ring is 1. The van der Waals surface area contributed by atoms with E-state index in [0.717, 1.165) is 37.9 Å². The van der Waals surface area contributed by atoms with E-state index in [1.807, 2.05) is 36.8 Å². The summed E-state index contributed by atoms with van der Waals surface area (Å²) in [7, 11) is 0. The summed E-state index contributed by atoms with van der Waals surface area (Å²) < 4.78 is 82.6. The van der Waals surface area contributed by atoms with Crippen molar-refractivity contribution in [3.8, 4) is 5.75 Å². The van der Waals surface area contributed by atoms with Crippen LogP contribution in [0.5, 0.6) is 5.75 Å². The van der Waals surface area contributed by atoms with Crippen LogP contribution in [0.25, 0.3) is 0 Å². The number of carbonyl (C=O) groups excluding carboxylic acids is 4. The zero-order chi connectivity index (χ0) is 49.8. The van der Waals surface area contributed by atoms with E-state index in [1.54, 1.807) is 67.7 Å². The molecular formula is C48H50BF6N9O5. The van der Waals surface area contributed by atoms with Gasteiger partial charge in [0.15, 0.2) is 11.6 Å². The fourth-order valence-electron chi connectivity index (χ4n) is 8.16. The van der Waals surface area contributed by atoms with Gasteiger partial charge in [0.25, 0.3) is 0 Å². The van der Waals surface area contributed by atoms with Gasteiger partial charge in [-0.1, -0.05) is 31.2 Å². The predicted molar refractivity (Wildman–Crippen MR) is 250 cm³/mol. The fraction of sp³-hybridized carbons (Fsp3) is 0.375. The van der Waals surface area contributed by atoms with Gasteiger partial charge >= 0.3 is 190 Å². The van der Waals surface area contributed by atoms with Gasteiger partial charge in [0, 0.05) is 25.7 Å². The van der Waals surface area contributed by atoms with Gasteiger partial charge in [0.2, 0.25) is 0 Å². The van der Waals surface area contributed by atoms with Gasteiger partial charge in [-0.15, -0.1) is 0 Å². The third kappa shape index (κ3) is 12.0. The van der Waals surface area contributed by atoms with Crippen molar-refractivity contribution in [2.24, 2.45) is 11.8 Å². The van der Waals surface area contributed by atoms with E-state index in [0.29, 0.717) is 60.4 Å². The van der Waals surface area contributed by atoms with Gasteiger partial charge in [-0.3, -0.25) is 9.69 Å². The summed E-state index contributed by atoms with van der Waals surface area (Å²) in [6, 6.07) is 21.5. The van der Waals surface area contributed by atoms with Crippen LogP contribution in [0.2, 0.25) is 0 Å². The molecule has 0 spiro atoms. The summed E-state index contributed by atoms with van der Waals surface area (Å²) in [5.74, 6) is -1.56. The molecule has 14 nitrogen and oxygen atoms in total. The molecule has 1 aromatic carbocycles. The molecule has 5 aromatic rings. The quantitative estimate of drug-likeness (QED) is 0.112. The van der Waals surface area contributed by atoms with Crippen molar-refractivity contribution in [2.45, 2.75) is 77.8 Å². The molecular weight excluding hydrogens is 907 g/mol. The smallest absolute Gasteiger partial charge is 0.123 e.